The van der Waals surface area contributed by atoms with Crippen LogP contribution in [-0.4, -0.2) is 22.4 Å². The average Bonchev–Trinajstić information content (AvgIpc) is 3.16. The highest BCUT2D eigenvalue weighted by molar-refractivity contribution is 7.11. The number of benzene rings is 1. The Morgan fingerprint density at radius 1 is 1.42 bits per heavy atom. The topological polar surface area (TPSA) is 57.8 Å². The van der Waals surface area contributed by atoms with Crippen molar-refractivity contribution >= 4 is 28.1 Å². The van der Waals surface area contributed by atoms with Crippen LogP contribution in [0.1, 0.15) is 27.6 Å². The lowest BCUT2D eigenvalue weighted by Gasteiger charge is -2.20. The molecule has 0 saturated heterocycles. The Labute approximate surface area is 145 Å². The van der Waals surface area contributed by atoms with Crippen molar-refractivity contribution < 1.29 is 4.79 Å². The molecule has 0 bridgehead atoms. The van der Waals surface area contributed by atoms with Gasteiger partial charge in [-0.3, -0.25) is 4.79 Å². The molecule has 4 nitrogen and oxygen atoms in total. The number of carbonyl (C=O) groups excluding carboxylic acids is 1. The number of nitrogens with zero attached hydrogens (tertiary/aromatic N) is 1. The van der Waals surface area contributed by atoms with Gasteiger partial charge in [0.25, 0.3) is 0 Å². The number of aromatic amines is 1. The lowest BCUT2D eigenvalue weighted by atomic mass is 9.90. The summed E-state index contributed by atoms with van der Waals surface area (Å²) >= 11 is 1.74. The van der Waals surface area contributed by atoms with E-state index in [9.17, 15) is 4.79 Å². The van der Waals surface area contributed by atoms with E-state index in [1.807, 2.05) is 19.2 Å². The lowest BCUT2D eigenvalue weighted by Crippen LogP contribution is -2.35. The molecule has 2 N–H and O–H groups in total. The number of aryl methyl sites for hydroxylation is 2. The number of amides is 1. The van der Waals surface area contributed by atoms with Crippen molar-refractivity contribution in [1.29, 1.82) is 0 Å². The van der Waals surface area contributed by atoms with E-state index in [4.69, 9.17) is 0 Å². The van der Waals surface area contributed by atoms with Crippen LogP contribution < -0.4 is 5.32 Å². The summed E-state index contributed by atoms with van der Waals surface area (Å²) in [6.45, 7) is 2.73. The molecule has 4 rings (SSSR count). The highest BCUT2D eigenvalue weighted by atomic mass is 32.1. The van der Waals surface area contributed by atoms with Gasteiger partial charge >= 0.3 is 0 Å². The van der Waals surface area contributed by atoms with Gasteiger partial charge in [0.2, 0.25) is 5.91 Å². The summed E-state index contributed by atoms with van der Waals surface area (Å²) < 4.78 is 0. The fourth-order valence-corrected chi connectivity index (χ4v) is 4.59. The third-order valence-electron chi connectivity index (χ3n) is 4.79. The molecule has 0 aliphatic heterocycles. The van der Waals surface area contributed by atoms with E-state index in [1.165, 1.54) is 21.5 Å². The van der Waals surface area contributed by atoms with Crippen LogP contribution in [-0.2, 0) is 24.1 Å². The number of nitrogens with one attached hydrogen (secondary N) is 2. The van der Waals surface area contributed by atoms with Gasteiger partial charge in [0.1, 0.15) is 0 Å². The van der Waals surface area contributed by atoms with Crippen LogP contribution in [0.5, 0.6) is 0 Å². The summed E-state index contributed by atoms with van der Waals surface area (Å²) in [7, 11) is 0. The molecule has 3 aromatic rings. The number of hydrogen-bond acceptors (Lipinski definition) is 3. The first-order chi connectivity index (χ1) is 11.7. The van der Waals surface area contributed by atoms with E-state index in [0.29, 0.717) is 6.54 Å². The van der Waals surface area contributed by atoms with Crippen molar-refractivity contribution in [3.8, 4) is 0 Å². The molecule has 0 spiro atoms. The van der Waals surface area contributed by atoms with Gasteiger partial charge < -0.3 is 10.3 Å². The molecule has 1 amide bonds. The van der Waals surface area contributed by atoms with E-state index < -0.39 is 0 Å². The molecule has 1 aromatic carbocycles. The van der Waals surface area contributed by atoms with E-state index in [2.05, 4.69) is 33.5 Å². The molecule has 0 radical (unpaired) electrons. The molecule has 2 aromatic heterocycles. The van der Waals surface area contributed by atoms with Gasteiger partial charge in [-0.2, -0.15) is 0 Å². The highest BCUT2D eigenvalue weighted by Gasteiger charge is 2.26. The van der Waals surface area contributed by atoms with Crippen molar-refractivity contribution in [2.45, 2.75) is 32.6 Å². The minimum Gasteiger partial charge on any atom is -0.361 e. The number of rotatable bonds is 4. The van der Waals surface area contributed by atoms with E-state index in [1.54, 1.807) is 11.3 Å². The molecule has 0 saturated carbocycles. The third kappa shape index (κ3) is 2.96. The molecule has 1 aliphatic carbocycles. The van der Waals surface area contributed by atoms with Crippen LogP contribution in [0.15, 0.2) is 30.5 Å². The van der Waals surface area contributed by atoms with Gasteiger partial charge in [0.05, 0.1) is 10.7 Å². The number of H-pyrrole nitrogens is 1. The number of carbonyl (C=O) groups is 1. The second-order valence-corrected chi connectivity index (χ2v) is 7.73. The lowest BCUT2D eigenvalue weighted by molar-refractivity contribution is -0.125. The van der Waals surface area contributed by atoms with Gasteiger partial charge in [-0.15, -0.1) is 11.3 Å². The Hall–Kier alpha value is -2.14. The van der Waals surface area contributed by atoms with Crippen molar-refractivity contribution in [1.82, 2.24) is 15.3 Å². The van der Waals surface area contributed by atoms with Gasteiger partial charge in [-0.1, -0.05) is 18.2 Å². The molecule has 24 heavy (non-hydrogen) atoms. The molecule has 124 valence electrons. The quantitative estimate of drug-likeness (QED) is 0.765. The Kier molecular flexibility index (Phi) is 4.10. The zero-order valence-corrected chi connectivity index (χ0v) is 14.6. The molecular weight excluding hydrogens is 318 g/mol. The van der Waals surface area contributed by atoms with Crippen LogP contribution in [0, 0.1) is 12.8 Å². The van der Waals surface area contributed by atoms with Gasteiger partial charge in [-0.05, 0) is 44.2 Å². The predicted octanol–water partition coefficient (Wildman–Crippen LogP) is 3.40. The van der Waals surface area contributed by atoms with Crippen LogP contribution >= 0.6 is 11.3 Å². The Morgan fingerprint density at radius 2 is 2.29 bits per heavy atom. The molecule has 1 unspecified atom stereocenters. The number of para-hydroxylation sites is 1. The molecule has 2 heterocycles. The fourth-order valence-electron chi connectivity index (χ4n) is 3.53. The van der Waals surface area contributed by atoms with Crippen LogP contribution in [0.25, 0.3) is 10.9 Å². The van der Waals surface area contributed by atoms with Crippen LogP contribution in [0.3, 0.4) is 0 Å². The summed E-state index contributed by atoms with van der Waals surface area (Å²) in [6, 6.07) is 8.28. The number of hydrogen-bond donors (Lipinski definition) is 2. The second kappa shape index (κ2) is 6.40. The first-order valence-electron chi connectivity index (χ1n) is 8.48. The van der Waals surface area contributed by atoms with E-state index in [-0.39, 0.29) is 11.8 Å². The van der Waals surface area contributed by atoms with Crippen molar-refractivity contribution in [3.63, 3.8) is 0 Å². The third-order valence-corrected chi connectivity index (χ3v) is 5.82. The SMILES string of the molecule is Cc1nc2c(s1)CC(C(=O)NCCc1c[nH]c3ccccc13)CC2. The molecule has 1 aliphatic rings. The summed E-state index contributed by atoms with van der Waals surface area (Å²) in [4.78, 5) is 21.6. The fraction of sp³-hybridized carbons (Fsp3) is 0.368. The summed E-state index contributed by atoms with van der Waals surface area (Å²) in [6.07, 6.45) is 5.59. The summed E-state index contributed by atoms with van der Waals surface area (Å²) in [5.74, 6) is 0.284. The zero-order valence-electron chi connectivity index (χ0n) is 13.8. The second-order valence-electron chi connectivity index (χ2n) is 6.44. The standard InChI is InChI=1S/C19H21N3OS/c1-12-22-17-7-6-13(10-18(17)24-12)19(23)20-9-8-14-11-21-16-5-3-2-4-15(14)16/h2-5,11,13,21H,6-10H2,1H3,(H,20,23). The van der Waals surface area contributed by atoms with Gasteiger partial charge in [0.15, 0.2) is 0 Å². The Morgan fingerprint density at radius 3 is 3.21 bits per heavy atom. The average molecular weight is 339 g/mol. The smallest absolute Gasteiger partial charge is 0.223 e. The number of thiazole rings is 1. The maximum atomic E-state index is 12.5. The normalized spacial score (nSPS) is 17.0. The Bertz CT molecular complexity index is 880. The minimum atomic E-state index is 0.0975. The van der Waals surface area contributed by atoms with E-state index in [0.717, 1.165) is 36.2 Å². The molecule has 1 atom stereocenters. The molecule has 0 fully saturated rings. The maximum absolute atomic E-state index is 12.5. The largest absolute Gasteiger partial charge is 0.361 e. The monoisotopic (exact) mass is 339 g/mol. The first kappa shape index (κ1) is 15.4. The van der Waals surface area contributed by atoms with Gasteiger partial charge in [0, 0.05) is 34.4 Å². The van der Waals surface area contributed by atoms with Crippen molar-refractivity contribution in [3.05, 3.63) is 51.6 Å². The van der Waals surface area contributed by atoms with Crippen LogP contribution in [0.4, 0.5) is 0 Å². The van der Waals surface area contributed by atoms with Crippen LogP contribution in [0.2, 0.25) is 0 Å². The first-order valence-corrected chi connectivity index (χ1v) is 9.30. The van der Waals surface area contributed by atoms with Gasteiger partial charge in [-0.25, -0.2) is 4.98 Å². The molecule has 5 heteroatoms. The van der Waals surface area contributed by atoms with E-state index >= 15 is 0 Å². The Balaban J connectivity index is 1.34. The maximum Gasteiger partial charge on any atom is 0.223 e. The summed E-state index contributed by atoms with van der Waals surface area (Å²) in [5, 5.41) is 5.48. The molecular formula is C19H21N3OS. The van der Waals surface area contributed by atoms with Crippen molar-refractivity contribution in [2.24, 2.45) is 5.92 Å². The number of aromatic nitrogens is 2. The highest BCUT2D eigenvalue weighted by Crippen LogP contribution is 2.29. The number of fused-ring (bicyclic) bond motifs is 2. The predicted molar refractivity (Wildman–Crippen MR) is 97.4 cm³/mol. The summed E-state index contributed by atoms with van der Waals surface area (Å²) in [5.41, 5.74) is 3.62. The zero-order chi connectivity index (χ0) is 16.5. The van der Waals surface area contributed by atoms with Crippen molar-refractivity contribution in [2.75, 3.05) is 6.54 Å². The minimum absolute atomic E-state index is 0.0975.